The highest BCUT2D eigenvalue weighted by Crippen LogP contribution is 2.31. The van der Waals surface area contributed by atoms with Crippen molar-refractivity contribution in [1.82, 2.24) is 10.6 Å². The molecule has 74 heavy (non-hydrogen) atoms. The number of rotatable bonds is 53. The second-order valence-electron chi connectivity index (χ2n) is 20.8. The molecule has 0 aromatic heterocycles. The fourth-order valence-electron chi connectivity index (χ4n) is 9.12. The standard InChI is InChI=1S/C59H113F3N2O10/c1-8-15-22-23-24-25-26-27-28-29-32-35-38-50(68-42-17-10-3)53(69-43-18-11-4)49(64-52(65)39-36-33-30-31-34-37-40-63-58(66)59(60,61)62)47-73-57-56(72-46-21-14-7)55(71-45-20-13-6)54(70-44-19-12-5)51(74-57)48-67-41-16-9-2/h49-51,53-57H,8-48H2,1-7H3,(H,63,66)(H,64,65)/t49-,50+,51?,53-,54-,55-,56?,57-/m0/s1. The second kappa shape index (κ2) is 48.5. The molecule has 0 bridgehead atoms. The summed E-state index contributed by atoms with van der Waals surface area (Å²) in [6.07, 6.45) is 23.2. The van der Waals surface area contributed by atoms with E-state index in [1.54, 1.807) is 0 Å². The minimum absolute atomic E-state index is 0.0150. The number of unbranched alkanes of at least 4 members (excludes halogenated alkanes) is 22. The quantitative estimate of drug-likeness (QED) is 0.0568. The zero-order valence-electron chi connectivity index (χ0n) is 48.3. The fourth-order valence-corrected chi connectivity index (χ4v) is 9.12. The predicted octanol–water partition coefficient (Wildman–Crippen LogP) is 14.5. The summed E-state index contributed by atoms with van der Waals surface area (Å²) in [4.78, 5) is 25.3. The fraction of sp³-hybridized carbons (Fsp3) is 0.966. The van der Waals surface area contributed by atoms with Crippen LogP contribution >= 0.6 is 0 Å². The van der Waals surface area contributed by atoms with E-state index in [2.05, 4.69) is 53.8 Å². The van der Waals surface area contributed by atoms with E-state index in [9.17, 15) is 22.8 Å². The van der Waals surface area contributed by atoms with Gasteiger partial charge in [-0.25, -0.2) is 0 Å². The van der Waals surface area contributed by atoms with Crippen LogP contribution < -0.4 is 10.6 Å². The van der Waals surface area contributed by atoms with Crippen LogP contribution in [0, 0.1) is 0 Å². The number of halogens is 3. The van der Waals surface area contributed by atoms with E-state index in [1.165, 1.54) is 64.2 Å². The number of ether oxygens (including phenoxy) is 8. The molecule has 2 N–H and O–H groups in total. The lowest BCUT2D eigenvalue weighted by molar-refractivity contribution is -0.325. The van der Waals surface area contributed by atoms with Gasteiger partial charge in [0.15, 0.2) is 6.29 Å². The van der Waals surface area contributed by atoms with Crippen LogP contribution in [-0.4, -0.2) is 126 Å². The first-order chi connectivity index (χ1) is 36.0. The summed E-state index contributed by atoms with van der Waals surface area (Å²) in [5.74, 6) is -2.01. The molecule has 0 spiro atoms. The smallest absolute Gasteiger partial charge is 0.379 e. The number of carbonyl (C=O) groups is 2. The highest BCUT2D eigenvalue weighted by molar-refractivity contribution is 5.81. The third kappa shape index (κ3) is 35.0. The Morgan fingerprint density at radius 3 is 1.51 bits per heavy atom. The van der Waals surface area contributed by atoms with Crippen molar-refractivity contribution in [3.05, 3.63) is 0 Å². The SMILES string of the molecule is CCCCCCCCCCCCCC[C@@H](OCCCC)[C@@H](OCCCC)[C@H](CO[C@H]1OC(COCCCC)[C@H](OCCCC)[C@H](OCCCC)C1OCCCC)NC(=O)CCCCCCCCNC(=O)C(F)(F)F. The highest BCUT2D eigenvalue weighted by Gasteiger charge is 2.49. The predicted molar refractivity (Wildman–Crippen MR) is 293 cm³/mol. The lowest BCUT2D eigenvalue weighted by atomic mass is 9.97. The van der Waals surface area contributed by atoms with Crippen LogP contribution in [-0.2, 0) is 47.5 Å². The molecule has 8 atom stereocenters. The van der Waals surface area contributed by atoms with Gasteiger partial charge in [0.1, 0.15) is 30.5 Å². The van der Waals surface area contributed by atoms with E-state index >= 15 is 0 Å². The van der Waals surface area contributed by atoms with Crippen LogP contribution in [0.4, 0.5) is 13.2 Å². The highest BCUT2D eigenvalue weighted by atomic mass is 19.4. The Balaban J connectivity index is 3.50. The number of amides is 2. The Morgan fingerprint density at radius 1 is 0.500 bits per heavy atom. The first-order valence-electron chi connectivity index (χ1n) is 30.6. The summed E-state index contributed by atoms with van der Waals surface area (Å²) in [7, 11) is 0. The van der Waals surface area contributed by atoms with Gasteiger partial charge < -0.3 is 48.5 Å². The van der Waals surface area contributed by atoms with E-state index in [4.69, 9.17) is 37.9 Å². The minimum atomic E-state index is -4.87. The van der Waals surface area contributed by atoms with Crippen LogP contribution in [0.3, 0.4) is 0 Å². The summed E-state index contributed by atoms with van der Waals surface area (Å²) in [5, 5.41) is 5.33. The van der Waals surface area contributed by atoms with Crippen molar-refractivity contribution in [2.45, 2.75) is 309 Å². The Morgan fingerprint density at radius 2 is 0.959 bits per heavy atom. The van der Waals surface area contributed by atoms with Gasteiger partial charge in [-0.2, -0.15) is 13.2 Å². The van der Waals surface area contributed by atoms with Gasteiger partial charge in [-0.3, -0.25) is 9.59 Å². The van der Waals surface area contributed by atoms with E-state index in [0.717, 1.165) is 116 Å². The molecule has 1 fully saturated rings. The van der Waals surface area contributed by atoms with Crippen LogP contribution in [0.2, 0.25) is 0 Å². The lowest BCUT2D eigenvalue weighted by Gasteiger charge is -2.46. The number of nitrogens with one attached hydrogen (secondary N) is 2. The van der Waals surface area contributed by atoms with Crippen molar-refractivity contribution in [1.29, 1.82) is 0 Å². The topological polar surface area (TPSA) is 132 Å². The molecule has 0 aliphatic carbocycles. The normalized spacial score (nSPS) is 19.4. The summed E-state index contributed by atoms with van der Waals surface area (Å²) < 4.78 is 91.7. The van der Waals surface area contributed by atoms with E-state index < -0.39 is 54.9 Å². The van der Waals surface area contributed by atoms with Crippen LogP contribution in [0.5, 0.6) is 0 Å². The third-order valence-corrected chi connectivity index (χ3v) is 13.8. The summed E-state index contributed by atoms with van der Waals surface area (Å²) in [6.45, 7) is 18.9. The number of alkyl halides is 3. The molecule has 1 rings (SSSR count). The molecule has 440 valence electrons. The first-order valence-corrected chi connectivity index (χ1v) is 30.6. The first kappa shape index (κ1) is 70.4. The third-order valence-electron chi connectivity index (χ3n) is 13.8. The van der Waals surface area contributed by atoms with E-state index in [-0.39, 0.29) is 25.2 Å². The minimum Gasteiger partial charge on any atom is -0.379 e. The maximum Gasteiger partial charge on any atom is 0.471 e. The van der Waals surface area contributed by atoms with Gasteiger partial charge in [-0.05, 0) is 57.8 Å². The maximum atomic E-state index is 14.1. The van der Waals surface area contributed by atoms with Gasteiger partial charge in [0, 0.05) is 52.6 Å². The van der Waals surface area contributed by atoms with E-state index in [0.29, 0.717) is 71.9 Å². The summed E-state index contributed by atoms with van der Waals surface area (Å²) in [5.41, 5.74) is 0. The van der Waals surface area contributed by atoms with Gasteiger partial charge in [-0.15, -0.1) is 0 Å². The average molecular weight is 1070 g/mol. The zero-order valence-corrected chi connectivity index (χ0v) is 48.3. The molecule has 1 heterocycles. The molecule has 2 unspecified atom stereocenters. The van der Waals surface area contributed by atoms with Crippen molar-refractivity contribution in [2.75, 3.05) is 59.4 Å². The lowest BCUT2D eigenvalue weighted by Crippen LogP contribution is -2.63. The largest absolute Gasteiger partial charge is 0.471 e. The van der Waals surface area contributed by atoms with Crippen LogP contribution in [0.15, 0.2) is 0 Å². The van der Waals surface area contributed by atoms with E-state index in [1.807, 2.05) is 5.32 Å². The van der Waals surface area contributed by atoms with Crippen molar-refractivity contribution < 1.29 is 60.7 Å². The van der Waals surface area contributed by atoms with Crippen molar-refractivity contribution in [2.24, 2.45) is 0 Å². The Kier molecular flexibility index (Phi) is 46.2. The molecular weight excluding hydrogens is 954 g/mol. The number of carbonyl (C=O) groups excluding carboxylic acids is 2. The molecule has 1 aliphatic rings. The Labute approximate surface area is 450 Å². The van der Waals surface area contributed by atoms with Gasteiger partial charge in [0.05, 0.1) is 25.4 Å². The number of hydrogen-bond acceptors (Lipinski definition) is 10. The Hall–Kier alpha value is -1.59. The van der Waals surface area contributed by atoms with Gasteiger partial charge in [0.2, 0.25) is 5.91 Å². The monoisotopic (exact) mass is 1070 g/mol. The van der Waals surface area contributed by atoms with Crippen molar-refractivity contribution in [3.8, 4) is 0 Å². The molecule has 0 aromatic carbocycles. The average Bonchev–Trinajstić information content (AvgIpc) is 3.38. The zero-order chi connectivity index (χ0) is 54.3. The molecule has 12 nitrogen and oxygen atoms in total. The second-order valence-corrected chi connectivity index (χ2v) is 20.8. The maximum absolute atomic E-state index is 14.1. The van der Waals surface area contributed by atoms with Crippen molar-refractivity contribution >= 4 is 11.8 Å². The van der Waals surface area contributed by atoms with Crippen molar-refractivity contribution in [3.63, 3.8) is 0 Å². The molecule has 2 amide bonds. The summed E-state index contributed by atoms with van der Waals surface area (Å²) in [6, 6.07) is -0.577. The van der Waals surface area contributed by atoms with Crippen LogP contribution in [0.1, 0.15) is 254 Å². The molecule has 15 heteroatoms. The van der Waals surface area contributed by atoms with Crippen LogP contribution in [0.25, 0.3) is 0 Å². The molecule has 1 aliphatic heterocycles. The molecule has 1 saturated heterocycles. The molecule has 0 saturated carbocycles. The summed E-state index contributed by atoms with van der Waals surface area (Å²) >= 11 is 0. The van der Waals surface area contributed by atoms with Gasteiger partial charge in [0.25, 0.3) is 0 Å². The molecular formula is C59H113F3N2O10. The van der Waals surface area contributed by atoms with Gasteiger partial charge >= 0.3 is 12.1 Å². The number of hydrogen-bond donors (Lipinski definition) is 2. The molecule has 0 radical (unpaired) electrons. The van der Waals surface area contributed by atoms with Gasteiger partial charge in [-0.1, -0.05) is 190 Å². The molecule has 0 aromatic rings. The Bertz CT molecular complexity index is 1270.